The van der Waals surface area contributed by atoms with E-state index in [9.17, 15) is 9.18 Å². The number of halogens is 1. The van der Waals surface area contributed by atoms with Gasteiger partial charge in [0.05, 0.1) is 18.1 Å². The number of rotatable bonds is 3. The first-order chi connectivity index (χ1) is 12.7. The second-order valence-corrected chi connectivity index (χ2v) is 6.55. The molecule has 1 aliphatic rings. The summed E-state index contributed by atoms with van der Waals surface area (Å²) in [6, 6.07) is 12.3. The quantitative estimate of drug-likeness (QED) is 0.780. The third-order valence-electron chi connectivity index (χ3n) is 4.98. The topological polar surface area (TPSA) is 58.2 Å². The third-order valence-corrected chi connectivity index (χ3v) is 4.98. The monoisotopic (exact) mass is 353 g/mol. The molecular formula is C20H20FN3O2. The molecule has 2 heterocycles. The Morgan fingerprint density at radius 3 is 2.69 bits per heavy atom. The number of para-hydroxylation sites is 2. The van der Waals surface area contributed by atoms with E-state index in [1.807, 2.05) is 24.3 Å². The fraction of sp³-hybridized carbons (Fsp3) is 0.300. The van der Waals surface area contributed by atoms with Crippen LogP contribution in [-0.2, 0) is 0 Å². The van der Waals surface area contributed by atoms with Crippen molar-refractivity contribution in [3.63, 3.8) is 0 Å². The molecule has 0 bridgehead atoms. The molecule has 0 saturated carbocycles. The van der Waals surface area contributed by atoms with Crippen LogP contribution < -0.4 is 4.74 Å². The highest BCUT2D eigenvalue weighted by atomic mass is 19.1. The van der Waals surface area contributed by atoms with Crippen LogP contribution in [-0.4, -0.2) is 41.0 Å². The van der Waals surface area contributed by atoms with E-state index in [0.717, 1.165) is 29.7 Å². The van der Waals surface area contributed by atoms with E-state index >= 15 is 0 Å². The predicted molar refractivity (Wildman–Crippen MR) is 96.9 cm³/mol. The molecule has 4 rings (SSSR count). The standard InChI is InChI=1S/C20H20FN3O2/c1-26-18-7-6-14(12-15(18)21)20(25)24-10-8-13(9-11-24)19-22-16-4-2-3-5-17(16)23-19/h2-7,12-13H,8-11H2,1H3,(H,22,23). The van der Waals surface area contributed by atoms with Gasteiger partial charge in [-0.25, -0.2) is 9.37 Å². The lowest BCUT2D eigenvalue weighted by Crippen LogP contribution is -2.38. The Bertz CT molecular complexity index is 912. The van der Waals surface area contributed by atoms with Gasteiger partial charge in [0, 0.05) is 24.6 Å². The minimum absolute atomic E-state index is 0.144. The van der Waals surface area contributed by atoms with Crippen LogP contribution >= 0.6 is 0 Å². The van der Waals surface area contributed by atoms with Crippen LogP contribution in [0.4, 0.5) is 4.39 Å². The number of methoxy groups -OCH3 is 1. The van der Waals surface area contributed by atoms with Gasteiger partial charge in [-0.15, -0.1) is 0 Å². The molecule has 0 spiro atoms. The van der Waals surface area contributed by atoms with Crippen LogP contribution in [0.3, 0.4) is 0 Å². The van der Waals surface area contributed by atoms with Gasteiger partial charge in [-0.1, -0.05) is 12.1 Å². The fourth-order valence-corrected chi connectivity index (χ4v) is 3.50. The van der Waals surface area contributed by atoms with Crippen LogP contribution in [0.15, 0.2) is 42.5 Å². The number of H-pyrrole nitrogens is 1. The molecule has 6 heteroatoms. The van der Waals surface area contributed by atoms with Gasteiger partial charge in [0.2, 0.25) is 0 Å². The minimum atomic E-state index is -0.518. The Balaban J connectivity index is 1.44. The average molecular weight is 353 g/mol. The Morgan fingerprint density at radius 1 is 1.23 bits per heavy atom. The number of benzene rings is 2. The summed E-state index contributed by atoms with van der Waals surface area (Å²) in [6.07, 6.45) is 1.67. The molecule has 3 aromatic rings. The molecule has 134 valence electrons. The van der Waals surface area contributed by atoms with E-state index < -0.39 is 5.82 Å². The SMILES string of the molecule is COc1ccc(C(=O)N2CCC(c3nc4ccccc4[nH]3)CC2)cc1F. The number of hydrogen-bond acceptors (Lipinski definition) is 3. The Kier molecular flexibility index (Phi) is 4.32. The summed E-state index contributed by atoms with van der Waals surface area (Å²) < 4.78 is 18.8. The number of piperidine rings is 1. The first kappa shape index (κ1) is 16.6. The van der Waals surface area contributed by atoms with E-state index in [1.54, 1.807) is 11.0 Å². The number of hydrogen-bond donors (Lipinski definition) is 1. The number of carbonyl (C=O) groups is 1. The lowest BCUT2D eigenvalue weighted by Gasteiger charge is -2.31. The lowest BCUT2D eigenvalue weighted by molar-refractivity contribution is 0.0710. The number of amides is 1. The normalized spacial score (nSPS) is 15.4. The van der Waals surface area contributed by atoms with E-state index in [2.05, 4.69) is 9.97 Å². The van der Waals surface area contributed by atoms with E-state index in [4.69, 9.17) is 4.74 Å². The molecule has 1 aromatic heterocycles. The van der Waals surface area contributed by atoms with Crippen LogP contribution in [0.1, 0.15) is 34.9 Å². The van der Waals surface area contributed by atoms with E-state index in [0.29, 0.717) is 24.6 Å². The summed E-state index contributed by atoms with van der Waals surface area (Å²) in [6.45, 7) is 1.27. The summed E-state index contributed by atoms with van der Waals surface area (Å²) in [5.41, 5.74) is 2.36. The van der Waals surface area contributed by atoms with Gasteiger partial charge in [0.25, 0.3) is 5.91 Å². The van der Waals surface area contributed by atoms with Crippen molar-refractivity contribution in [3.8, 4) is 5.75 Å². The van der Waals surface area contributed by atoms with Crippen molar-refractivity contribution in [2.45, 2.75) is 18.8 Å². The van der Waals surface area contributed by atoms with Crippen molar-refractivity contribution in [1.29, 1.82) is 0 Å². The van der Waals surface area contributed by atoms with Crippen molar-refractivity contribution in [2.75, 3.05) is 20.2 Å². The molecule has 0 radical (unpaired) electrons. The van der Waals surface area contributed by atoms with Crippen molar-refractivity contribution >= 4 is 16.9 Å². The fourth-order valence-electron chi connectivity index (χ4n) is 3.50. The summed E-state index contributed by atoms with van der Waals surface area (Å²) in [7, 11) is 1.41. The molecule has 5 nitrogen and oxygen atoms in total. The van der Waals surface area contributed by atoms with Crippen LogP contribution in [0.25, 0.3) is 11.0 Å². The maximum atomic E-state index is 13.9. The number of aromatic amines is 1. The molecule has 1 fully saturated rings. The van der Waals surface area contributed by atoms with Crippen LogP contribution in [0.2, 0.25) is 0 Å². The van der Waals surface area contributed by atoms with Gasteiger partial charge in [0.15, 0.2) is 11.6 Å². The Morgan fingerprint density at radius 2 is 2.00 bits per heavy atom. The van der Waals surface area contributed by atoms with Crippen molar-refractivity contribution in [2.24, 2.45) is 0 Å². The number of ether oxygens (including phenoxy) is 1. The molecule has 1 amide bonds. The van der Waals surface area contributed by atoms with Gasteiger partial charge < -0.3 is 14.6 Å². The van der Waals surface area contributed by atoms with Crippen LogP contribution in [0.5, 0.6) is 5.75 Å². The van der Waals surface area contributed by atoms with Crippen molar-refractivity contribution < 1.29 is 13.9 Å². The Labute approximate surface area is 150 Å². The second kappa shape index (κ2) is 6.78. The summed E-state index contributed by atoms with van der Waals surface area (Å²) in [5.74, 6) is 0.767. The number of nitrogens with one attached hydrogen (secondary N) is 1. The van der Waals surface area contributed by atoms with Crippen molar-refractivity contribution in [1.82, 2.24) is 14.9 Å². The van der Waals surface area contributed by atoms with Gasteiger partial charge in [-0.05, 0) is 43.2 Å². The van der Waals surface area contributed by atoms with Gasteiger partial charge in [-0.2, -0.15) is 0 Å². The predicted octanol–water partition coefficient (Wildman–Crippen LogP) is 3.73. The molecule has 1 N–H and O–H groups in total. The Hall–Kier alpha value is -2.89. The third kappa shape index (κ3) is 3.03. The van der Waals surface area contributed by atoms with Gasteiger partial charge >= 0.3 is 0 Å². The summed E-state index contributed by atoms with van der Waals surface area (Å²) >= 11 is 0. The number of carbonyl (C=O) groups excluding carboxylic acids is 1. The van der Waals surface area contributed by atoms with E-state index in [1.165, 1.54) is 19.2 Å². The summed E-state index contributed by atoms with van der Waals surface area (Å²) in [5, 5.41) is 0. The molecule has 26 heavy (non-hydrogen) atoms. The number of likely N-dealkylation sites (tertiary alicyclic amines) is 1. The van der Waals surface area contributed by atoms with Gasteiger partial charge in [-0.3, -0.25) is 4.79 Å². The average Bonchev–Trinajstić information content (AvgIpc) is 3.11. The molecular weight excluding hydrogens is 333 g/mol. The number of imidazole rings is 1. The van der Waals surface area contributed by atoms with Gasteiger partial charge in [0.1, 0.15) is 5.82 Å². The molecule has 0 atom stereocenters. The maximum absolute atomic E-state index is 13.9. The maximum Gasteiger partial charge on any atom is 0.253 e. The molecule has 1 aliphatic heterocycles. The zero-order chi connectivity index (χ0) is 18.1. The zero-order valence-electron chi connectivity index (χ0n) is 14.5. The highest BCUT2D eigenvalue weighted by molar-refractivity contribution is 5.94. The molecule has 1 saturated heterocycles. The second-order valence-electron chi connectivity index (χ2n) is 6.55. The summed E-state index contributed by atoms with van der Waals surface area (Å²) in [4.78, 5) is 22.5. The molecule has 0 unspecified atom stereocenters. The minimum Gasteiger partial charge on any atom is -0.494 e. The number of aromatic nitrogens is 2. The zero-order valence-corrected chi connectivity index (χ0v) is 14.5. The lowest BCUT2D eigenvalue weighted by atomic mass is 9.95. The highest BCUT2D eigenvalue weighted by Crippen LogP contribution is 2.28. The van der Waals surface area contributed by atoms with E-state index in [-0.39, 0.29) is 11.7 Å². The largest absolute Gasteiger partial charge is 0.494 e. The molecule has 0 aliphatic carbocycles. The first-order valence-corrected chi connectivity index (χ1v) is 8.73. The molecule has 2 aromatic carbocycles. The van der Waals surface area contributed by atoms with Crippen molar-refractivity contribution in [3.05, 3.63) is 59.7 Å². The number of nitrogens with zero attached hydrogens (tertiary/aromatic N) is 2. The highest BCUT2D eigenvalue weighted by Gasteiger charge is 2.26. The number of fused-ring (bicyclic) bond motifs is 1. The first-order valence-electron chi connectivity index (χ1n) is 8.73. The van der Waals surface area contributed by atoms with Crippen LogP contribution in [0, 0.1) is 5.82 Å². The smallest absolute Gasteiger partial charge is 0.253 e.